The summed E-state index contributed by atoms with van der Waals surface area (Å²) in [5, 5.41) is 4.36. The average Bonchev–Trinajstić information content (AvgIpc) is 3.19. The molecular weight excluding hydrogens is 307 g/mol. The number of aromatic nitrogens is 3. The molecule has 0 aliphatic carbocycles. The van der Waals surface area contributed by atoms with Gasteiger partial charge in [-0.3, -0.25) is 4.79 Å². The molecule has 24 heavy (non-hydrogen) atoms. The van der Waals surface area contributed by atoms with Crippen LogP contribution in [0.1, 0.15) is 23.6 Å². The van der Waals surface area contributed by atoms with Crippen LogP contribution in [0.3, 0.4) is 0 Å². The number of benzene rings is 1. The molecule has 0 N–H and O–H groups in total. The lowest BCUT2D eigenvalue weighted by atomic mass is 9.98. The van der Waals surface area contributed by atoms with Crippen LogP contribution in [0.2, 0.25) is 0 Å². The molecule has 2 aromatic rings. The fourth-order valence-corrected chi connectivity index (χ4v) is 3.53. The summed E-state index contributed by atoms with van der Waals surface area (Å²) in [5.41, 5.74) is 1.47. The Bertz CT molecular complexity index is 826. The lowest BCUT2D eigenvalue weighted by Gasteiger charge is -2.26. The van der Waals surface area contributed by atoms with Crippen molar-refractivity contribution in [3.63, 3.8) is 0 Å². The lowest BCUT2D eigenvalue weighted by Crippen LogP contribution is -2.38. The van der Waals surface area contributed by atoms with Gasteiger partial charge in [-0.1, -0.05) is 24.3 Å². The summed E-state index contributed by atoms with van der Waals surface area (Å²) < 4.78 is 15.8. The molecule has 3 heterocycles. The van der Waals surface area contributed by atoms with E-state index in [0.717, 1.165) is 30.1 Å². The van der Waals surface area contributed by atoms with Gasteiger partial charge < -0.3 is 4.90 Å². The summed E-state index contributed by atoms with van der Waals surface area (Å²) in [7, 11) is 0. The number of halogens is 1. The molecule has 124 valence electrons. The molecule has 0 spiro atoms. The maximum absolute atomic E-state index is 13.9. The minimum atomic E-state index is -0.238. The standard InChI is InChI=1S/C18H19FN4O/c1-12-20-17-7-6-14(11-23(17)21-12)18(24)22-9-8-13(10-22)15-4-2-3-5-16(15)19/h2-5,8,14H,6-7,9-11H2,1H3. The van der Waals surface area contributed by atoms with Crippen molar-refractivity contribution in [1.29, 1.82) is 0 Å². The maximum Gasteiger partial charge on any atom is 0.228 e. The number of amides is 1. The second-order valence-electron chi connectivity index (χ2n) is 6.42. The number of carbonyl (C=O) groups excluding carboxylic acids is 1. The molecular formula is C18H19FN4O. The van der Waals surface area contributed by atoms with E-state index in [9.17, 15) is 9.18 Å². The molecule has 0 bridgehead atoms. The average molecular weight is 326 g/mol. The quantitative estimate of drug-likeness (QED) is 0.850. The first-order chi connectivity index (χ1) is 11.6. The van der Waals surface area contributed by atoms with Crippen LogP contribution in [0.4, 0.5) is 4.39 Å². The minimum absolute atomic E-state index is 0.0769. The number of fused-ring (bicyclic) bond motifs is 1. The van der Waals surface area contributed by atoms with E-state index in [2.05, 4.69) is 10.1 Å². The first-order valence-electron chi connectivity index (χ1n) is 8.25. The first-order valence-corrected chi connectivity index (χ1v) is 8.25. The van der Waals surface area contributed by atoms with E-state index in [-0.39, 0.29) is 17.6 Å². The Morgan fingerprint density at radius 2 is 2.17 bits per heavy atom. The summed E-state index contributed by atoms with van der Waals surface area (Å²) in [6.45, 7) is 3.47. The number of rotatable bonds is 2. The molecule has 1 aromatic heterocycles. The summed E-state index contributed by atoms with van der Waals surface area (Å²) in [4.78, 5) is 19.0. The van der Waals surface area contributed by atoms with Gasteiger partial charge in [-0.15, -0.1) is 0 Å². The molecule has 0 saturated carbocycles. The van der Waals surface area contributed by atoms with E-state index in [1.54, 1.807) is 17.0 Å². The van der Waals surface area contributed by atoms with Crippen LogP contribution in [0.15, 0.2) is 30.3 Å². The van der Waals surface area contributed by atoms with Gasteiger partial charge in [0.15, 0.2) is 0 Å². The molecule has 4 rings (SSSR count). The second-order valence-corrected chi connectivity index (χ2v) is 6.42. The minimum Gasteiger partial charge on any atom is -0.334 e. The highest BCUT2D eigenvalue weighted by atomic mass is 19.1. The predicted molar refractivity (Wildman–Crippen MR) is 87.5 cm³/mol. The zero-order valence-electron chi connectivity index (χ0n) is 13.6. The molecule has 0 fully saturated rings. The Morgan fingerprint density at radius 1 is 1.33 bits per heavy atom. The van der Waals surface area contributed by atoms with Crippen molar-refractivity contribution in [2.75, 3.05) is 13.1 Å². The van der Waals surface area contributed by atoms with Gasteiger partial charge in [0.1, 0.15) is 17.5 Å². The molecule has 1 unspecified atom stereocenters. The smallest absolute Gasteiger partial charge is 0.228 e. The molecule has 0 radical (unpaired) electrons. The predicted octanol–water partition coefficient (Wildman–Crippen LogP) is 2.21. The van der Waals surface area contributed by atoms with Crippen LogP contribution < -0.4 is 0 Å². The normalized spacial score (nSPS) is 20.0. The summed E-state index contributed by atoms with van der Waals surface area (Å²) in [5.74, 6) is 1.52. The fraction of sp³-hybridized carbons (Fsp3) is 0.389. The number of carbonyl (C=O) groups is 1. The molecule has 6 heteroatoms. The van der Waals surface area contributed by atoms with Crippen molar-refractivity contribution in [2.45, 2.75) is 26.3 Å². The third-order valence-corrected chi connectivity index (χ3v) is 4.76. The van der Waals surface area contributed by atoms with E-state index in [1.807, 2.05) is 23.7 Å². The van der Waals surface area contributed by atoms with E-state index in [4.69, 9.17) is 0 Å². The Morgan fingerprint density at radius 3 is 3.00 bits per heavy atom. The van der Waals surface area contributed by atoms with Gasteiger partial charge in [-0.25, -0.2) is 14.1 Å². The second kappa shape index (κ2) is 5.85. The fourth-order valence-electron chi connectivity index (χ4n) is 3.53. The third-order valence-electron chi connectivity index (χ3n) is 4.76. The highest BCUT2D eigenvalue weighted by molar-refractivity contribution is 5.83. The first kappa shape index (κ1) is 15.1. The lowest BCUT2D eigenvalue weighted by molar-refractivity contribution is -0.135. The van der Waals surface area contributed by atoms with E-state index < -0.39 is 0 Å². The number of hydrogen-bond donors (Lipinski definition) is 0. The van der Waals surface area contributed by atoms with Crippen LogP contribution in [-0.2, 0) is 17.8 Å². The van der Waals surface area contributed by atoms with Crippen molar-refractivity contribution in [1.82, 2.24) is 19.7 Å². The zero-order valence-corrected chi connectivity index (χ0v) is 13.6. The molecule has 2 aliphatic heterocycles. The Labute approximate surface area is 139 Å². The highest BCUT2D eigenvalue weighted by Gasteiger charge is 2.31. The van der Waals surface area contributed by atoms with Crippen LogP contribution in [-0.4, -0.2) is 38.7 Å². The van der Waals surface area contributed by atoms with E-state index in [1.165, 1.54) is 6.07 Å². The Kier molecular flexibility index (Phi) is 3.67. The van der Waals surface area contributed by atoms with Crippen molar-refractivity contribution >= 4 is 11.5 Å². The van der Waals surface area contributed by atoms with Gasteiger partial charge in [0.25, 0.3) is 0 Å². The third kappa shape index (κ3) is 2.62. The molecule has 1 amide bonds. The van der Waals surface area contributed by atoms with Gasteiger partial charge >= 0.3 is 0 Å². The summed E-state index contributed by atoms with van der Waals surface area (Å²) in [6, 6.07) is 6.72. The van der Waals surface area contributed by atoms with Gasteiger partial charge in [-0.2, -0.15) is 5.10 Å². The summed E-state index contributed by atoms with van der Waals surface area (Å²) in [6.07, 6.45) is 3.52. The summed E-state index contributed by atoms with van der Waals surface area (Å²) >= 11 is 0. The van der Waals surface area contributed by atoms with Gasteiger partial charge in [0.2, 0.25) is 5.91 Å². The molecule has 0 saturated heterocycles. The topological polar surface area (TPSA) is 51.0 Å². The van der Waals surface area contributed by atoms with E-state index >= 15 is 0 Å². The Hall–Kier alpha value is -2.50. The van der Waals surface area contributed by atoms with Crippen molar-refractivity contribution in [3.8, 4) is 0 Å². The molecule has 1 atom stereocenters. The number of nitrogens with zero attached hydrogens (tertiary/aromatic N) is 4. The Balaban J connectivity index is 1.45. The molecule has 2 aliphatic rings. The van der Waals surface area contributed by atoms with Gasteiger partial charge in [-0.05, 0) is 25.0 Å². The molecule has 1 aromatic carbocycles. The van der Waals surface area contributed by atoms with Crippen LogP contribution >= 0.6 is 0 Å². The van der Waals surface area contributed by atoms with Crippen molar-refractivity contribution < 1.29 is 9.18 Å². The highest BCUT2D eigenvalue weighted by Crippen LogP contribution is 2.27. The van der Waals surface area contributed by atoms with Crippen molar-refractivity contribution in [2.24, 2.45) is 5.92 Å². The monoisotopic (exact) mass is 326 g/mol. The van der Waals surface area contributed by atoms with Crippen LogP contribution in [0.25, 0.3) is 5.57 Å². The number of aryl methyl sites for hydroxylation is 2. The molecule has 5 nitrogen and oxygen atoms in total. The maximum atomic E-state index is 13.9. The number of hydrogen-bond acceptors (Lipinski definition) is 3. The van der Waals surface area contributed by atoms with Gasteiger partial charge in [0.05, 0.1) is 12.5 Å². The van der Waals surface area contributed by atoms with Crippen LogP contribution in [0.5, 0.6) is 0 Å². The van der Waals surface area contributed by atoms with Crippen LogP contribution in [0, 0.1) is 18.7 Å². The van der Waals surface area contributed by atoms with Crippen molar-refractivity contribution in [3.05, 3.63) is 53.4 Å². The van der Waals surface area contributed by atoms with E-state index in [0.29, 0.717) is 25.2 Å². The van der Waals surface area contributed by atoms with Gasteiger partial charge in [0, 0.05) is 25.1 Å². The SMILES string of the molecule is Cc1nc2n(n1)CC(C(=O)N1CC=C(c3ccccc3F)C1)CC2. The largest absolute Gasteiger partial charge is 0.334 e. The zero-order chi connectivity index (χ0) is 16.7.